The molecule has 0 saturated heterocycles. The Morgan fingerprint density at radius 3 is 2.18 bits per heavy atom. The fraction of sp³-hybridized carbons (Fsp3) is 0.412. The van der Waals surface area contributed by atoms with Crippen LogP contribution in [0.25, 0.3) is 0 Å². The predicted molar refractivity (Wildman–Crippen MR) is 97.3 cm³/mol. The number of hydrogen-bond acceptors (Lipinski definition) is 3. The molecule has 122 valence electrons. The molecule has 1 aromatic rings. The Kier molecular flexibility index (Phi) is 7.50. The Bertz CT molecular complexity index is 542. The van der Waals surface area contributed by atoms with Crippen LogP contribution in [0, 0.1) is 0 Å². The maximum Gasteiger partial charge on any atom is 0.356 e. The third-order valence-electron chi connectivity index (χ3n) is 3.35. The van der Waals surface area contributed by atoms with Gasteiger partial charge in [0.25, 0.3) is 0 Å². The van der Waals surface area contributed by atoms with E-state index in [1.165, 1.54) is 5.19 Å². The summed E-state index contributed by atoms with van der Waals surface area (Å²) in [6.07, 6.45) is 2.27. The summed E-state index contributed by atoms with van der Waals surface area (Å²) < 4.78 is 24.1. The maximum atomic E-state index is 13.1. The third-order valence-corrected chi connectivity index (χ3v) is 8.69. The van der Waals surface area contributed by atoms with Crippen molar-refractivity contribution in [1.82, 2.24) is 0 Å². The molecule has 0 bridgehead atoms. The van der Waals surface area contributed by atoms with Crippen LogP contribution in [0.1, 0.15) is 20.3 Å². The van der Waals surface area contributed by atoms with Gasteiger partial charge in [-0.2, -0.15) is 0 Å². The van der Waals surface area contributed by atoms with Gasteiger partial charge in [-0.25, -0.2) is 0 Å². The molecule has 0 spiro atoms. The van der Waals surface area contributed by atoms with Gasteiger partial charge >= 0.3 is 7.60 Å². The van der Waals surface area contributed by atoms with E-state index in [0.29, 0.717) is 19.6 Å². The highest BCUT2D eigenvalue weighted by molar-refractivity contribution is 7.58. The zero-order valence-electron chi connectivity index (χ0n) is 14.0. The highest BCUT2D eigenvalue weighted by atomic mass is 31.2. The van der Waals surface area contributed by atoms with Crippen LogP contribution in [0.4, 0.5) is 0 Å². The minimum Gasteiger partial charge on any atom is -0.306 e. The summed E-state index contributed by atoms with van der Waals surface area (Å²) in [6.45, 7) is 12.6. The van der Waals surface area contributed by atoms with E-state index in [1.54, 1.807) is 6.08 Å². The molecular weight excluding hydrogens is 311 g/mol. The molecule has 0 saturated carbocycles. The summed E-state index contributed by atoms with van der Waals surface area (Å²) in [5.74, 6) is 0. The predicted octanol–water partition coefficient (Wildman–Crippen LogP) is 4.87. The zero-order valence-corrected chi connectivity index (χ0v) is 15.9. The lowest BCUT2D eigenvalue weighted by atomic mass is 10.4. The second-order valence-corrected chi connectivity index (χ2v) is 11.9. The van der Waals surface area contributed by atoms with E-state index in [2.05, 4.69) is 37.5 Å². The van der Waals surface area contributed by atoms with Crippen molar-refractivity contribution in [3.05, 3.63) is 54.0 Å². The van der Waals surface area contributed by atoms with Crippen LogP contribution in [-0.4, -0.2) is 21.3 Å². The highest BCUT2D eigenvalue weighted by Gasteiger charge is 2.32. The molecule has 0 atom stereocenters. The standard InChI is InChI=1S/C17H27O3PSi/c1-6-12-16(21(18,19-7-2)20-8-3)15-22(4,5)17-13-10-9-11-14-17/h6,9-11,13-15H,1,7-8,12H2,2-5H3/b16-15+. The average molecular weight is 338 g/mol. The lowest BCUT2D eigenvalue weighted by molar-refractivity contribution is 0.226. The molecule has 5 heteroatoms. The Morgan fingerprint density at radius 1 is 1.18 bits per heavy atom. The third kappa shape index (κ3) is 5.06. The number of benzene rings is 1. The van der Waals surface area contributed by atoms with Gasteiger partial charge in [0.1, 0.15) is 8.07 Å². The van der Waals surface area contributed by atoms with Crippen molar-refractivity contribution in [3.8, 4) is 0 Å². The summed E-state index contributed by atoms with van der Waals surface area (Å²) in [7, 11) is -5.13. The summed E-state index contributed by atoms with van der Waals surface area (Å²) in [4.78, 5) is 0. The molecule has 0 aromatic heterocycles. The first-order valence-electron chi connectivity index (χ1n) is 7.67. The minimum atomic E-state index is -3.24. The van der Waals surface area contributed by atoms with E-state index in [1.807, 2.05) is 32.0 Å². The molecule has 0 radical (unpaired) electrons. The lowest BCUT2D eigenvalue weighted by Crippen LogP contribution is -2.39. The normalized spacial score (nSPS) is 13.2. The van der Waals surface area contributed by atoms with Crippen LogP contribution in [0.3, 0.4) is 0 Å². The van der Waals surface area contributed by atoms with Crippen LogP contribution in [0.2, 0.25) is 13.1 Å². The first-order valence-corrected chi connectivity index (χ1v) is 12.3. The largest absolute Gasteiger partial charge is 0.356 e. The maximum absolute atomic E-state index is 13.1. The number of rotatable bonds is 9. The van der Waals surface area contributed by atoms with Crippen molar-refractivity contribution in [2.45, 2.75) is 33.4 Å². The van der Waals surface area contributed by atoms with Crippen molar-refractivity contribution in [2.75, 3.05) is 13.2 Å². The highest BCUT2D eigenvalue weighted by Crippen LogP contribution is 2.57. The minimum absolute atomic E-state index is 0.360. The molecule has 0 N–H and O–H groups in total. The summed E-state index contributed by atoms with van der Waals surface area (Å²) in [6, 6.07) is 10.3. The van der Waals surface area contributed by atoms with Gasteiger partial charge in [-0.1, -0.05) is 60.4 Å². The number of allylic oxidation sites excluding steroid dienone is 2. The Labute approximate surface area is 135 Å². The molecule has 0 aliphatic carbocycles. The van der Waals surface area contributed by atoms with E-state index in [0.717, 1.165) is 5.31 Å². The van der Waals surface area contributed by atoms with Crippen LogP contribution in [-0.2, 0) is 13.6 Å². The van der Waals surface area contributed by atoms with E-state index >= 15 is 0 Å². The van der Waals surface area contributed by atoms with Crippen LogP contribution >= 0.6 is 7.60 Å². The van der Waals surface area contributed by atoms with Gasteiger partial charge < -0.3 is 9.05 Å². The molecule has 22 heavy (non-hydrogen) atoms. The molecule has 0 aliphatic rings. The zero-order chi connectivity index (χ0) is 16.6. The molecule has 0 unspecified atom stereocenters. The van der Waals surface area contributed by atoms with E-state index in [4.69, 9.17) is 9.05 Å². The first kappa shape index (κ1) is 19.1. The van der Waals surface area contributed by atoms with Crippen molar-refractivity contribution in [1.29, 1.82) is 0 Å². The molecule has 0 amide bonds. The fourth-order valence-electron chi connectivity index (χ4n) is 2.31. The summed E-state index contributed by atoms with van der Waals surface area (Å²) in [5.41, 5.74) is 2.14. The first-order chi connectivity index (χ1) is 10.4. The van der Waals surface area contributed by atoms with E-state index in [9.17, 15) is 4.57 Å². The number of hydrogen-bond donors (Lipinski definition) is 0. The quantitative estimate of drug-likeness (QED) is 0.366. The van der Waals surface area contributed by atoms with Crippen LogP contribution in [0.15, 0.2) is 54.0 Å². The topological polar surface area (TPSA) is 35.5 Å². The van der Waals surface area contributed by atoms with Gasteiger partial charge in [-0.3, -0.25) is 4.57 Å². The second kappa shape index (κ2) is 8.63. The van der Waals surface area contributed by atoms with Crippen molar-refractivity contribution < 1.29 is 13.6 Å². The fourth-order valence-corrected chi connectivity index (χ4v) is 7.52. The Hall–Kier alpha value is -0.933. The van der Waals surface area contributed by atoms with Gasteiger partial charge in [0.2, 0.25) is 0 Å². The Morgan fingerprint density at radius 2 is 1.73 bits per heavy atom. The average Bonchev–Trinajstić information content (AvgIpc) is 2.48. The van der Waals surface area contributed by atoms with Gasteiger partial charge in [0.15, 0.2) is 0 Å². The van der Waals surface area contributed by atoms with Gasteiger partial charge in [-0.15, -0.1) is 6.58 Å². The van der Waals surface area contributed by atoms with Gasteiger partial charge in [0, 0.05) is 5.31 Å². The monoisotopic (exact) mass is 338 g/mol. The Balaban J connectivity index is 3.28. The van der Waals surface area contributed by atoms with Crippen LogP contribution < -0.4 is 5.19 Å². The molecule has 0 aliphatic heterocycles. The molecule has 1 rings (SSSR count). The van der Waals surface area contributed by atoms with Crippen molar-refractivity contribution in [2.24, 2.45) is 0 Å². The van der Waals surface area contributed by atoms with Gasteiger partial charge in [-0.05, 0) is 20.3 Å². The molecule has 0 heterocycles. The van der Waals surface area contributed by atoms with E-state index in [-0.39, 0.29) is 0 Å². The van der Waals surface area contributed by atoms with Gasteiger partial charge in [0.05, 0.1) is 13.2 Å². The SMILES string of the molecule is C=CC/C(=C\[Si](C)(C)c1ccccc1)P(=O)(OCC)OCC. The van der Waals surface area contributed by atoms with Crippen LogP contribution in [0.5, 0.6) is 0 Å². The molecular formula is C17H27O3PSi. The molecule has 0 fully saturated rings. The van der Waals surface area contributed by atoms with E-state index < -0.39 is 15.7 Å². The molecule has 3 nitrogen and oxygen atoms in total. The lowest BCUT2D eigenvalue weighted by Gasteiger charge is -2.24. The van der Waals surface area contributed by atoms with Crippen molar-refractivity contribution >= 4 is 20.9 Å². The summed E-state index contributed by atoms with van der Waals surface area (Å²) >= 11 is 0. The summed E-state index contributed by atoms with van der Waals surface area (Å²) in [5, 5.41) is 2.02. The molecule has 1 aromatic carbocycles. The smallest absolute Gasteiger partial charge is 0.306 e. The second-order valence-electron chi connectivity index (χ2n) is 5.55. The van der Waals surface area contributed by atoms with Crippen molar-refractivity contribution in [3.63, 3.8) is 0 Å².